The highest BCUT2D eigenvalue weighted by atomic mass is 19.3. The lowest BCUT2D eigenvalue weighted by atomic mass is 10.1. The molecule has 1 aliphatic heterocycles. The molecule has 3 heteroatoms. The Morgan fingerprint density at radius 2 is 2.27 bits per heavy atom. The van der Waals surface area contributed by atoms with Crippen LogP contribution in [0.4, 0.5) is 8.78 Å². The third-order valence-electron chi connectivity index (χ3n) is 2.22. The molecule has 1 unspecified atom stereocenters. The lowest BCUT2D eigenvalue weighted by molar-refractivity contribution is -0.0189. The van der Waals surface area contributed by atoms with Crippen LogP contribution in [-0.4, -0.2) is 18.5 Å². The Kier molecular flexibility index (Phi) is 2.82. The Hall–Kier alpha value is -0.180. The Balaban J connectivity index is 2.28. The van der Waals surface area contributed by atoms with Crippen LogP contribution < -0.4 is 5.32 Å². The fraction of sp³-hybridized carbons (Fsp3) is 1.00. The fourth-order valence-corrected chi connectivity index (χ4v) is 1.44. The number of alkyl halides is 2. The Labute approximate surface area is 66.2 Å². The molecule has 11 heavy (non-hydrogen) atoms. The van der Waals surface area contributed by atoms with Crippen molar-refractivity contribution in [1.82, 2.24) is 5.32 Å². The van der Waals surface area contributed by atoms with E-state index in [9.17, 15) is 8.78 Å². The number of hydrogen-bond acceptors (Lipinski definition) is 1. The first-order valence-corrected chi connectivity index (χ1v) is 4.25. The van der Waals surface area contributed by atoms with Crippen LogP contribution >= 0.6 is 0 Å². The molecule has 0 aromatic carbocycles. The summed E-state index contributed by atoms with van der Waals surface area (Å²) in [7, 11) is 0. The van der Waals surface area contributed by atoms with E-state index in [0.29, 0.717) is 0 Å². The van der Waals surface area contributed by atoms with Gasteiger partial charge in [-0.3, -0.25) is 0 Å². The zero-order valence-corrected chi connectivity index (χ0v) is 6.87. The maximum Gasteiger partial charge on any atom is 0.249 e. The van der Waals surface area contributed by atoms with Crippen LogP contribution in [0.25, 0.3) is 0 Å². The molecule has 1 fully saturated rings. The van der Waals surface area contributed by atoms with Gasteiger partial charge in [0.15, 0.2) is 0 Å². The van der Waals surface area contributed by atoms with Gasteiger partial charge < -0.3 is 5.32 Å². The Morgan fingerprint density at radius 1 is 1.55 bits per heavy atom. The lowest BCUT2D eigenvalue weighted by Crippen LogP contribution is -2.30. The quantitative estimate of drug-likeness (QED) is 0.672. The number of nitrogens with one attached hydrogen (secondary N) is 1. The van der Waals surface area contributed by atoms with Gasteiger partial charge in [-0.05, 0) is 19.4 Å². The van der Waals surface area contributed by atoms with E-state index in [2.05, 4.69) is 5.32 Å². The molecular formula is C8H15F2N. The van der Waals surface area contributed by atoms with Gasteiger partial charge in [-0.2, -0.15) is 0 Å². The Morgan fingerprint density at radius 3 is 2.73 bits per heavy atom. The summed E-state index contributed by atoms with van der Waals surface area (Å²) in [6.07, 6.45) is 1.94. The van der Waals surface area contributed by atoms with Crippen molar-refractivity contribution in [2.75, 3.05) is 6.54 Å². The molecule has 1 nitrogen and oxygen atoms in total. The van der Waals surface area contributed by atoms with Gasteiger partial charge in [0.1, 0.15) is 0 Å². The maximum absolute atomic E-state index is 12.8. The van der Waals surface area contributed by atoms with Crippen molar-refractivity contribution in [3.8, 4) is 0 Å². The Bertz CT molecular complexity index is 119. The van der Waals surface area contributed by atoms with Crippen LogP contribution in [0.5, 0.6) is 0 Å². The molecule has 1 heterocycles. The molecule has 1 saturated heterocycles. The van der Waals surface area contributed by atoms with Crippen molar-refractivity contribution < 1.29 is 8.78 Å². The van der Waals surface area contributed by atoms with Crippen molar-refractivity contribution in [3.05, 3.63) is 0 Å². The average molecular weight is 163 g/mol. The van der Waals surface area contributed by atoms with Crippen LogP contribution in [0, 0.1) is 0 Å². The molecule has 0 aromatic heterocycles. The zero-order valence-electron chi connectivity index (χ0n) is 6.87. The molecule has 0 saturated carbocycles. The second kappa shape index (κ2) is 3.48. The molecule has 0 radical (unpaired) electrons. The standard InChI is InChI=1S/C8H15F2N/c1-2-8(9,10)6-7-4-3-5-11-7/h7,11H,2-6H2,1H3. The minimum Gasteiger partial charge on any atom is -0.314 e. The second-order valence-corrected chi connectivity index (χ2v) is 3.21. The van der Waals surface area contributed by atoms with Gasteiger partial charge in [0.05, 0.1) is 0 Å². The first-order chi connectivity index (χ1) is 5.14. The highest BCUT2D eigenvalue weighted by molar-refractivity contribution is 4.80. The maximum atomic E-state index is 12.8. The molecule has 0 bridgehead atoms. The number of halogens is 2. The highest BCUT2D eigenvalue weighted by Crippen LogP contribution is 2.26. The molecule has 0 spiro atoms. The zero-order chi connectivity index (χ0) is 8.32. The summed E-state index contributed by atoms with van der Waals surface area (Å²) in [5.41, 5.74) is 0. The summed E-state index contributed by atoms with van der Waals surface area (Å²) in [4.78, 5) is 0. The van der Waals surface area contributed by atoms with Gasteiger partial charge in [0, 0.05) is 18.9 Å². The van der Waals surface area contributed by atoms with Crippen LogP contribution in [0.1, 0.15) is 32.6 Å². The first kappa shape index (κ1) is 8.91. The predicted octanol–water partition coefficient (Wildman–Crippen LogP) is 2.17. The molecular weight excluding hydrogens is 148 g/mol. The van der Waals surface area contributed by atoms with Gasteiger partial charge >= 0.3 is 0 Å². The molecule has 66 valence electrons. The van der Waals surface area contributed by atoms with Crippen molar-refractivity contribution in [1.29, 1.82) is 0 Å². The van der Waals surface area contributed by atoms with E-state index in [1.165, 1.54) is 6.92 Å². The smallest absolute Gasteiger partial charge is 0.249 e. The highest BCUT2D eigenvalue weighted by Gasteiger charge is 2.31. The third-order valence-corrected chi connectivity index (χ3v) is 2.22. The molecule has 1 aliphatic rings. The molecule has 1 rings (SSSR count). The molecule has 0 aliphatic carbocycles. The van der Waals surface area contributed by atoms with E-state index in [-0.39, 0.29) is 18.9 Å². The van der Waals surface area contributed by atoms with E-state index in [4.69, 9.17) is 0 Å². The molecule has 1 atom stereocenters. The summed E-state index contributed by atoms with van der Waals surface area (Å²) >= 11 is 0. The second-order valence-electron chi connectivity index (χ2n) is 3.21. The topological polar surface area (TPSA) is 12.0 Å². The average Bonchev–Trinajstić information content (AvgIpc) is 2.39. The van der Waals surface area contributed by atoms with Crippen LogP contribution in [-0.2, 0) is 0 Å². The minimum atomic E-state index is -2.46. The van der Waals surface area contributed by atoms with Crippen molar-refractivity contribution in [2.45, 2.75) is 44.6 Å². The van der Waals surface area contributed by atoms with E-state index >= 15 is 0 Å². The van der Waals surface area contributed by atoms with Crippen molar-refractivity contribution >= 4 is 0 Å². The van der Waals surface area contributed by atoms with Crippen LogP contribution in [0.2, 0.25) is 0 Å². The molecule has 0 aromatic rings. The van der Waals surface area contributed by atoms with Gasteiger partial charge in [-0.15, -0.1) is 0 Å². The third kappa shape index (κ3) is 2.73. The first-order valence-electron chi connectivity index (χ1n) is 4.25. The van der Waals surface area contributed by atoms with E-state index in [0.717, 1.165) is 19.4 Å². The summed E-state index contributed by atoms with van der Waals surface area (Å²) < 4.78 is 25.5. The monoisotopic (exact) mass is 163 g/mol. The molecule has 1 N–H and O–H groups in total. The fourth-order valence-electron chi connectivity index (χ4n) is 1.44. The minimum absolute atomic E-state index is 0.0174. The summed E-state index contributed by atoms with van der Waals surface area (Å²) in [5, 5.41) is 3.07. The predicted molar refractivity (Wildman–Crippen MR) is 40.9 cm³/mol. The van der Waals surface area contributed by atoms with Gasteiger partial charge in [0.25, 0.3) is 0 Å². The summed E-state index contributed by atoms with van der Waals surface area (Å²) in [6, 6.07) is 0.0601. The van der Waals surface area contributed by atoms with Crippen molar-refractivity contribution in [2.24, 2.45) is 0 Å². The van der Waals surface area contributed by atoms with Gasteiger partial charge in [-0.25, -0.2) is 8.78 Å². The van der Waals surface area contributed by atoms with Gasteiger partial charge in [0.2, 0.25) is 5.92 Å². The lowest BCUT2D eigenvalue weighted by Gasteiger charge is -2.18. The molecule has 0 amide bonds. The van der Waals surface area contributed by atoms with E-state index in [1.807, 2.05) is 0 Å². The van der Waals surface area contributed by atoms with Gasteiger partial charge in [-0.1, -0.05) is 6.92 Å². The summed E-state index contributed by atoms with van der Waals surface area (Å²) in [6.45, 7) is 2.44. The normalized spacial score (nSPS) is 25.9. The van der Waals surface area contributed by atoms with Crippen molar-refractivity contribution in [3.63, 3.8) is 0 Å². The van der Waals surface area contributed by atoms with Crippen LogP contribution in [0.15, 0.2) is 0 Å². The van der Waals surface area contributed by atoms with E-state index < -0.39 is 5.92 Å². The van der Waals surface area contributed by atoms with E-state index in [1.54, 1.807) is 0 Å². The summed E-state index contributed by atoms with van der Waals surface area (Å²) in [5.74, 6) is -2.46. The largest absolute Gasteiger partial charge is 0.314 e. The van der Waals surface area contributed by atoms with Crippen LogP contribution in [0.3, 0.4) is 0 Å². The number of rotatable bonds is 3. The SMILES string of the molecule is CCC(F)(F)CC1CCCN1. The number of hydrogen-bond donors (Lipinski definition) is 1.